The lowest BCUT2D eigenvalue weighted by Crippen LogP contribution is -2.37. The van der Waals surface area contributed by atoms with Crippen LogP contribution in [0.25, 0.3) is 0 Å². The van der Waals surface area contributed by atoms with Gasteiger partial charge in [-0.3, -0.25) is 9.59 Å². The highest BCUT2D eigenvalue weighted by molar-refractivity contribution is 5.97. The molecule has 2 saturated carbocycles. The van der Waals surface area contributed by atoms with Gasteiger partial charge in [0.05, 0.1) is 0 Å². The van der Waals surface area contributed by atoms with Crippen molar-refractivity contribution < 1.29 is 14.4 Å². The molecule has 1 aromatic rings. The number of hydrogen-bond acceptors (Lipinski definition) is 3. The number of hydrogen-bond donors (Lipinski definition) is 4. The van der Waals surface area contributed by atoms with Crippen LogP contribution in [0.5, 0.6) is 0 Å². The first-order valence-corrected chi connectivity index (χ1v) is 9.35. The van der Waals surface area contributed by atoms with Gasteiger partial charge in [0.25, 0.3) is 5.91 Å². The molecular weight excluding hydrogens is 332 g/mol. The van der Waals surface area contributed by atoms with E-state index in [0.29, 0.717) is 24.3 Å². The topological polar surface area (TPSA) is 99.3 Å². The Morgan fingerprint density at radius 3 is 2.42 bits per heavy atom. The van der Waals surface area contributed by atoms with Crippen LogP contribution in [0.2, 0.25) is 0 Å². The number of rotatable bonds is 7. The van der Waals surface area contributed by atoms with Crippen LogP contribution >= 0.6 is 0 Å². The van der Waals surface area contributed by atoms with Crippen molar-refractivity contribution in [2.24, 2.45) is 5.92 Å². The Kier molecular flexibility index (Phi) is 6.09. The monoisotopic (exact) mass is 358 g/mol. The molecule has 0 spiro atoms. The van der Waals surface area contributed by atoms with Crippen molar-refractivity contribution in [1.29, 1.82) is 0 Å². The fourth-order valence-electron chi connectivity index (χ4n) is 3.11. The summed E-state index contributed by atoms with van der Waals surface area (Å²) < 4.78 is 0. The van der Waals surface area contributed by atoms with Crippen molar-refractivity contribution in [3.8, 4) is 0 Å². The van der Waals surface area contributed by atoms with Crippen LogP contribution in [0.3, 0.4) is 0 Å². The predicted octanol–water partition coefficient (Wildman–Crippen LogP) is 2.01. The molecule has 1 aromatic carbocycles. The first kappa shape index (κ1) is 18.2. The van der Waals surface area contributed by atoms with Crippen LogP contribution in [0.4, 0.5) is 10.5 Å². The van der Waals surface area contributed by atoms with E-state index in [4.69, 9.17) is 0 Å². The van der Waals surface area contributed by atoms with Gasteiger partial charge in [-0.05, 0) is 43.9 Å². The zero-order valence-corrected chi connectivity index (χ0v) is 14.8. The van der Waals surface area contributed by atoms with Crippen molar-refractivity contribution in [3.63, 3.8) is 0 Å². The Morgan fingerprint density at radius 1 is 0.962 bits per heavy atom. The largest absolute Gasteiger partial charge is 0.354 e. The number of benzene rings is 1. The van der Waals surface area contributed by atoms with Crippen molar-refractivity contribution in [3.05, 3.63) is 29.8 Å². The Hall–Kier alpha value is -2.57. The van der Waals surface area contributed by atoms with Gasteiger partial charge in [-0.25, -0.2) is 4.79 Å². The minimum Gasteiger partial charge on any atom is -0.354 e. The Morgan fingerprint density at radius 2 is 1.69 bits per heavy atom. The second-order valence-corrected chi connectivity index (χ2v) is 6.98. The van der Waals surface area contributed by atoms with Gasteiger partial charge >= 0.3 is 6.03 Å². The Balaban J connectivity index is 1.40. The molecule has 0 radical (unpaired) electrons. The van der Waals surface area contributed by atoms with Crippen LogP contribution in [0.1, 0.15) is 48.9 Å². The molecule has 2 aliphatic carbocycles. The molecule has 0 heterocycles. The van der Waals surface area contributed by atoms with Crippen molar-refractivity contribution >= 4 is 23.5 Å². The predicted molar refractivity (Wildman–Crippen MR) is 98.9 cm³/mol. The number of amides is 4. The lowest BCUT2D eigenvalue weighted by molar-refractivity contribution is -0.124. The van der Waals surface area contributed by atoms with Gasteiger partial charge in [0.2, 0.25) is 5.91 Å². The second-order valence-electron chi connectivity index (χ2n) is 6.98. The smallest absolute Gasteiger partial charge is 0.319 e. The fourth-order valence-corrected chi connectivity index (χ4v) is 3.11. The zero-order chi connectivity index (χ0) is 18.4. The van der Waals surface area contributed by atoms with Crippen LogP contribution < -0.4 is 21.3 Å². The molecule has 7 heteroatoms. The van der Waals surface area contributed by atoms with E-state index < -0.39 is 0 Å². The molecule has 2 aliphatic rings. The number of urea groups is 1. The molecule has 0 unspecified atom stereocenters. The molecule has 7 nitrogen and oxygen atoms in total. The summed E-state index contributed by atoms with van der Waals surface area (Å²) in [6.45, 7) is 0.792. The van der Waals surface area contributed by atoms with E-state index in [-0.39, 0.29) is 29.8 Å². The van der Waals surface area contributed by atoms with Gasteiger partial charge in [0.1, 0.15) is 0 Å². The van der Waals surface area contributed by atoms with Crippen molar-refractivity contribution in [2.75, 3.05) is 18.4 Å². The maximum Gasteiger partial charge on any atom is 0.319 e. The second kappa shape index (κ2) is 8.69. The van der Waals surface area contributed by atoms with E-state index in [1.807, 2.05) is 0 Å². The summed E-state index contributed by atoms with van der Waals surface area (Å²) >= 11 is 0. The van der Waals surface area contributed by atoms with E-state index in [0.717, 1.165) is 38.5 Å². The number of anilines is 1. The molecule has 0 atom stereocenters. The first-order chi connectivity index (χ1) is 12.6. The fraction of sp³-hybridized carbons (Fsp3) is 0.526. The van der Waals surface area contributed by atoms with Crippen LogP contribution in [-0.4, -0.2) is 37.0 Å². The van der Waals surface area contributed by atoms with E-state index in [1.54, 1.807) is 24.3 Å². The Bertz CT molecular complexity index is 667. The minimum atomic E-state index is -0.250. The third-order valence-corrected chi connectivity index (χ3v) is 4.73. The Labute approximate surface area is 153 Å². The summed E-state index contributed by atoms with van der Waals surface area (Å²) in [5.74, 6) is -0.00812. The molecular formula is C19H26N4O3. The molecule has 0 saturated heterocycles. The lowest BCUT2D eigenvalue weighted by atomic mass is 10.1. The summed E-state index contributed by atoms with van der Waals surface area (Å²) in [7, 11) is 0. The third-order valence-electron chi connectivity index (χ3n) is 4.73. The molecule has 140 valence electrons. The van der Waals surface area contributed by atoms with Gasteiger partial charge in [-0.1, -0.05) is 18.9 Å². The van der Waals surface area contributed by atoms with Gasteiger partial charge in [0.15, 0.2) is 0 Å². The number of carbonyl (C=O) groups is 3. The minimum absolute atomic E-state index is 0.0876. The molecule has 4 amide bonds. The summed E-state index contributed by atoms with van der Waals surface area (Å²) in [6.07, 6.45) is 6.22. The number of nitrogens with one attached hydrogen (secondary N) is 4. The maximum atomic E-state index is 12.2. The van der Waals surface area contributed by atoms with E-state index in [1.165, 1.54) is 0 Å². The highest BCUT2D eigenvalue weighted by Gasteiger charge is 2.23. The van der Waals surface area contributed by atoms with Crippen LogP contribution in [-0.2, 0) is 4.79 Å². The summed E-state index contributed by atoms with van der Waals surface area (Å²) in [5, 5.41) is 11.2. The normalized spacial score (nSPS) is 16.8. The molecule has 0 aliphatic heterocycles. The summed E-state index contributed by atoms with van der Waals surface area (Å²) in [4.78, 5) is 35.9. The SMILES string of the molecule is O=C(Nc1cccc(C(=O)NCCNC(=O)C2CCCC2)c1)NC1CC1. The average Bonchev–Trinajstić information content (AvgIpc) is 3.26. The first-order valence-electron chi connectivity index (χ1n) is 9.35. The lowest BCUT2D eigenvalue weighted by Gasteiger charge is -2.11. The van der Waals surface area contributed by atoms with E-state index >= 15 is 0 Å². The van der Waals surface area contributed by atoms with E-state index in [9.17, 15) is 14.4 Å². The highest BCUT2D eigenvalue weighted by atomic mass is 16.2. The molecule has 0 aromatic heterocycles. The standard InChI is InChI=1S/C19H26N4O3/c24-17(13-4-1-2-5-13)20-10-11-21-18(25)14-6-3-7-16(12-14)23-19(26)22-15-8-9-15/h3,6-7,12-13,15H,1-2,4-5,8-11H2,(H,20,24)(H,21,25)(H2,22,23,26). The maximum absolute atomic E-state index is 12.2. The quantitative estimate of drug-likeness (QED) is 0.561. The van der Waals surface area contributed by atoms with Gasteiger partial charge in [-0.2, -0.15) is 0 Å². The van der Waals surface area contributed by atoms with Crippen LogP contribution in [0, 0.1) is 5.92 Å². The van der Waals surface area contributed by atoms with Gasteiger partial charge < -0.3 is 21.3 Å². The third kappa shape index (κ3) is 5.47. The average molecular weight is 358 g/mol. The highest BCUT2D eigenvalue weighted by Crippen LogP contribution is 2.24. The van der Waals surface area contributed by atoms with Gasteiger partial charge in [-0.15, -0.1) is 0 Å². The molecule has 4 N–H and O–H groups in total. The van der Waals surface area contributed by atoms with Crippen LogP contribution in [0.15, 0.2) is 24.3 Å². The zero-order valence-electron chi connectivity index (χ0n) is 14.8. The molecule has 0 bridgehead atoms. The van der Waals surface area contributed by atoms with E-state index in [2.05, 4.69) is 21.3 Å². The van der Waals surface area contributed by atoms with Gasteiger partial charge in [0, 0.05) is 36.3 Å². The molecule has 3 rings (SSSR count). The summed E-state index contributed by atoms with van der Waals surface area (Å²) in [6, 6.07) is 6.82. The molecule has 26 heavy (non-hydrogen) atoms. The van der Waals surface area contributed by atoms with Crippen molar-refractivity contribution in [1.82, 2.24) is 16.0 Å². The summed E-state index contributed by atoms with van der Waals surface area (Å²) in [5.41, 5.74) is 1.04. The molecule has 2 fully saturated rings. The van der Waals surface area contributed by atoms with Crippen molar-refractivity contribution in [2.45, 2.75) is 44.6 Å². The number of carbonyl (C=O) groups excluding carboxylic acids is 3.